The molecule has 0 fully saturated rings. The van der Waals surface area contributed by atoms with Gasteiger partial charge in [0.05, 0.1) is 0 Å². The Morgan fingerprint density at radius 2 is 0.188 bits per heavy atom. The third kappa shape index (κ3) is 53.0. The van der Waals surface area contributed by atoms with Gasteiger partial charge < -0.3 is 0 Å². The summed E-state index contributed by atoms with van der Waals surface area (Å²) in [5.41, 5.74) is 0. The lowest BCUT2D eigenvalue weighted by Gasteiger charge is -1.57. The zero-order valence-electron chi connectivity index (χ0n) is 34.7. The van der Waals surface area contributed by atoms with E-state index in [2.05, 4.69) is 398 Å². The standard InChI is InChI=1S/C69H2/c1-3-5-7-9-11-13-15-17-19-21-23-25-27-29-31-33-35-37-39-41-43-45-47-49-51-53-55-57-59-61-63-65-67-69-68-66-64-62-60-58-56-54-52-50-48-46-44-42-40-38-36-34-32-30-28-26-24-22-20-18-16-14-12-10-8-6-4-2/h1H2. The van der Waals surface area contributed by atoms with Crippen molar-refractivity contribution in [2.45, 2.75) is 0 Å². The van der Waals surface area contributed by atoms with Crippen molar-refractivity contribution in [3.8, 4) is 397 Å². The molecule has 0 aromatic heterocycles. The highest BCUT2D eigenvalue weighted by Crippen LogP contribution is 1.64. The highest BCUT2D eigenvalue weighted by atomic mass is 13.6. The molecule has 278 valence electrons. The maximum absolute atomic E-state index is 6.58. The van der Waals surface area contributed by atoms with Crippen molar-refractivity contribution in [3.05, 3.63) is 13.3 Å². The molecule has 0 amide bonds. The molecule has 0 rings (SSSR count). The van der Waals surface area contributed by atoms with Crippen molar-refractivity contribution in [1.82, 2.24) is 0 Å². The third-order valence-corrected chi connectivity index (χ3v) is 4.15. The summed E-state index contributed by atoms with van der Waals surface area (Å²) >= 11 is 0. The van der Waals surface area contributed by atoms with Crippen LogP contribution in [0.5, 0.6) is 0 Å². The summed E-state index contributed by atoms with van der Waals surface area (Å²) in [6.45, 7) is 3.31. The van der Waals surface area contributed by atoms with Gasteiger partial charge in [0.15, 0.2) is 0 Å². The molecule has 0 heteroatoms. The van der Waals surface area contributed by atoms with E-state index in [9.17, 15) is 0 Å². The average Bonchev–Trinajstić information content (AvgIpc) is 3.36. The maximum Gasteiger partial charge on any atom is 0.0209 e. The van der Waals surface area contributed by atoms with Crippen LogP contribution >= 0.6 is 0 Å². The molecule has 0 aliphatic rings. The van der Waals surface area contributed by atoms with E-state index in [4.69, 9.17) is 6.42 Å². The normalized spacial score (nSPS) is 3.94. The number of rotatable bonds is 0. The highest BCUT2D eigenvalue weighted by molar-refractivity contribution is 5.52. The minimum absolute atomic E-state index is 1.87. The van der Waals surface area contributed by atoms with Crippen LogP contribution in [0.15, 0.2) is 0 Å². The average molecular weight is 831 g/mol. The minimum Gasteiger partial charge on any atom is -0.0881 e. The molecule has 0 atom stereocenters. The Balaban J connectivity index is 4.60. The fourth-order valence-corrected chi connectivity index (χ4v) is 2.04. The Labute approximate surface area is 408 Å². The summed E-state index contributed by atoms with van der Waals surface area (Å²) in [7, 11) is 0. The smallest absolute Gasteiger partial charge is 0.0209 e. The lowest BCUT2D eigenvalue weighted by Crippen LogP contribution is -1.57. The van der Waals surface area contributed by atoms with Crippen LogP contribution in [0.4, 0.5) is 0 Å². The Morgan fingerprint density at radius 3 is 0.261 bits per heavy atom. The Hall–Kier alpha value is -15.0. The summed E-state index contributed by atoms with van der Waals surface area (Å²) in [6, 6.07) is 0. The van der Waals surface area contributed by atoms with Crippen molar-refractivity contribution < 1.29 is 0 Å². The minimum atomic E-state index is 1.87. The van der Waals surface area contributed by atoms with E-state index in [-0.39, 0.29) is 0 Å². The topological polar surface area (TPSA) is 0 Å². The molecule has 0 aliphatic heterocycles. The van der Waals surface area contributed by atoms with Crippen molar-refractivity contribution in [2.24, 2.45) is 0 Å². The number of hydrogen-bond acceptors (Lipinski definition) is 0. The van der Waals surface area contributed by atoms with Gasteiger partial charge in [-0.15, -0.1) is 0 Å². The molecule has 0 nitrogen and oxygen atoms in total. The van der Waals surface area contributed by atoms with Gasteiger partial charge in [-0.3, -0.25) is 0 Å². The molecule has 0 aromatic carbocycles. The third-order valence-electron chi connectivity index (χ3n) is 4.15. The van der Waals surface area contributed by atoms with E-state index >= 15 is 0 Å². The summed E-state index contributed by atoms with van der Waals surface area (Å²) in [5.74, 6) is 166. The Kier molecular flexibility index (Phi) is 41.5. The summed E-state index contributed by atoms with van der Waals surface area (Å²) in [6.07, 6.45) is 6.58. The molecule has 0 aliphatic carbocycles. The van der Waals surface area contributed by atoms with Gasteiger partial charge in [0.2, 0.25) is 0 Å². The molecule has 0 N–H and O–H groups in total. The number of hydrogen-bond donors (Lipinski definition) is 0. The first-order valence-electron chi connectivity index (χ1n) is 17.1. The Bertz CT molecular complexity index is 4520. The lowest BCUT2D eigenvalue weighted by molar-refractivity contribution is 2.31. The predicted molar refractivity (Wildman–Crippen MR) is 269 cm³/mol. The van der Waals surface area contributed by atoms with Crippen molar-refractivity contribution in [3.63, 3.8) is 0 Å². The summed E-state index contributed by atoms with van der Waals surface area (Å²) in [5, 5.41) is 0. The second kappa shape index (κ2) is 53.0. The second-order valence-electron chi connectivity index (χ2n) is 8.43. The molecule has 2 radical (unpaired) electrons. The quantitative estimate of drug-likeness (QED) is 0.313. The van der Waals surface area contributed by atoms with Crippen LogP contribution < -0.4 is 0 Å². The van der Waals surface area contributed by atoms with Gasteiger partial charge in [0, 0.05) is 357 Å². The first kappa shape index (κ1) is 54.0. The van der Waals surface area contributed by atoms with Gasteiger partial charge in [-0.05, 0) is 47.4 Å². The van der Waals surface area contributed by atoms with Gasteiger partial charge in [-0.25, -0.2) is 0 Å². The molecule has 0 unspecified atom stereocenters. The van der Waals surface area contributed by atoms with Gasteiger partial charge in [0.25, 0.3) is 0 Å². The second-order valence-corrected chi connectivity index (χ2v) is 8.43. The lowest BCUT2D eigenvalue weighted by atomic mass is 10.4. The zero-order valence-corrected chi connectivity index (χ0v) is 34.7. The van der Waals surface area contributed by atoms with Gasteiger partial charge in [-0.1, -0.05) is 5.92 Å². The molecule has 0 heterocycles. The summed E-state index contributed by atoms with van der Waals surface area (Å²) in [4.78, 5) is 0. The largest absolute Gasteiger partial charge is 0.0881 e. The van der Waals surface area contributed by atoms with E-state index < -0.39 is 0 Å². The van der Waals surface area contributed by atoms with Crippen molar-refractivity contribution in [1.29, 1.82) is 0 Å². The molecular formula is C69H2. The molecule has 0 saturated carbocycles. The summed E-state index contributed by atoms with van der Waals surface area (Å²) < 4.78 is 0. The van der Waals surface area contributed by atoms with Crippen LogP contribution in [-0.2, 0) is 0 Å². The SMILES string of the molecule is [C]#CC#CC#CC#CC#CC#CC#CC#CC#CC#CC#CC#CC#CC#CC#CC#CC#CC#CC#CC#CC#CC#CC#CC#CC#CC#CC#CC#CC#CC#CC#CC#CC#CC#C[CH2]. The van der Waals surface area contributed by atoms with E-state index in [1.54, 1.807) is 0 Å². The monoisotopic (exact) mass is 830 g/mol. The van der Waals surface area contributed by atoms with E-state index in [1.807, 2.05) is 5.92 Å². The Morgan fingerprint density at radius 1 is 0.116 bits per heavy atom. The van der Waals surface area contributed by atoms with Crippen LogP contribution in [-0.4, -0.2) is 0 Å². The van der Waals surface area contributed by atoms with E-state index in [0.717, 1.165) is 0 Å². The fraction of sp³-hybridized carbons (Fsp3) is 0. The van der Waals surface area contributed by atoms with Crippen molar-refractivity contribution >= 4 is 0 Å². The van der Waals surface area contributed by atoms with Gasteiger partial charge >= 0.3 is 0 Å². The molecule has 0 spiro atoms. The molecule has 0 bridgehead atoms. The first-order chi connectivity index (χ1) is 34.4. The predicted octanol–water partition coefficient (Wildman–Crippen LogP) is 0.522. The van der Waals surface area contributed by atoms with Crippen LogP contribution in [0.2, 0.25) is 0 Å². The van der Waals surface area contributed by atoms with E-state index in [0.29, 0.717) is 0 Å². The van der Waals surface area contributed by atoms with Crippen molar-refractivity contribution in [2.75, 3.05) is 0 Å². The first-order valence-corrected chi connectivity index (χ1v) is 17.1. The van der Waals surface area contributed by atoms with Crippen LogP contribution in [0, 0.1) is 410 Å². The van der Waals surface area contributed by atoms with Crippen LogP contribution in [0.25, 0.3) is 0 Å². The van der Waals surface area contributed by atoms with E-state index in [1.165, 1.54) is 0 Å². The van der Waals surface area contributed by atoms with Gasteiger partial charge in [0.1, 0.15) is 0 Å². The molecule has 0 saturated heterocycles. The van der Waals surface area contributed by atoms with Crippen LogP contribution in [0.3, 0.4) is 0 Å². The fourth-order valence-electron chi connectivity index (χ4n) is 2.04. The highest BCUT2D eigenvalue weighted by Gasteiger charge is 1.64. The molecular weight excluding hydrogens is 829 g/mol. The molecule has 69 heavy (non-hydrogen) atoms. The zero-order chi connectivity index (χ0) is 49.4. The van der Waals surface area contributed by atoms with Crippen LogP contribution in [0.1, 0.15) is 0 Å². The van der Waals surface area contributed by atoms with Gasteiger partial charge in [-0.2, -0.15) is 0 Å². The maximum atomic E-state index is 6.58. The molecule has 0 aromatic rings.